The number of halogens is 1. The van der Waals surface area contributed by atoms with E-state index >= 15 is 0 Å². The van der Waals surface area contributed by atoms with Crippen molar-refractivity contribution in [1.82, 2.24) is 10.2 Å². The molecule has 7 nitrogen and oxygen atoms in total. The lowest BCUT2D eigenvalue weighted by atomic mass is 9.85. The normalized spacial score (nSPS) is 16.0. The third kappa shape index (κ3) is 4.00. The van der Waals surface area contributed by atoms with Gasteiger partial charge in [0.2, 0.25) is 0 Å². The van der Waals surface area contributed by atoms with E-state index in [0.29, 0.717) is 31.1 Å². The van der Waals surface area contributed by atoms with Gasteiger partial charge in [0.05, 0.1) is 23.9 Å². The monoisotopic (exact) mass is 388 g/mol. The van der Waals surface area contributed by atoms with Crippen LogP contribution in [-0.4, -0.2) is 41.0 Å². The smallest absolute Gasteiger partial charge is 0.308 e. The second-order valence-electron chi connectivity index (χ2n) is 7.00. The van der Waals surface area contributed by atoms with Crippen molar-refractivity contribution < 1.29 is 19.0 Å². The van der Waals surface area contributed by atoms with Crippen LogP contribution < -0.4 is 10.6 Å². The van der Waals surface area contributed by atoms with Gasteiger partial charge in [-0.1, -0.05) is 13.0 Å². The van der Waals surface area contributed by atoms with Gasteiger partial charge in [-0.15, -0.1) is 10.2 Å². The summed E-state index contributed by atoms with van der Waals surface area (Å²) in [6.07, 6.45) is 1.64. The Morgan fingerprint density at radius 2 is 2.11 bits per heavy atom. The summed E-state index contributed by atoms with van der Waals surface area (Å²) in [5.74, 6) is -0.958. The number of piperidine rings is 1. The fourth-order valence-electron chi connectivity index (χ4n) is 3.60. The zero-order valence-electron chi connectivity index (χ0n) is 16.1. The quantitative estimate of drug-likeness (QED) is 0.759. The van der Waals surface area contributed by atoms with Crippen LogP contribution in [0, 0.1) is 17.7 Å². The predicted molar refractivity (Wildman–Crippen MR) is 104 cm³/mol. The molecule has 1 aromatic heterocycles. The van der Waals surface area contributed by atoms with Crippen molar-refractivity contribution >= 4 is 17.5 Å². The first-order chi connectivity index (χ1) is 13.4. The van der Waals surface area contributed by atoms with Crippen LogP contribution in [0.15, 0.2) is 24.3 Å². The number of anilines is 2. The minimum absolute atomic E-state index is 0.144. The lowest BCUT2D eigenvalue weighted by Gasteiger charge is -2.35. The number of esters is 1. The number of nitrogens with zero attached hydrogens (tertiary/aromatic N) is 3. The van der Waals surface area contributed by atoms with E-state index in [1.54, 1.807) is 19.1 Å². The standard InChI is InChI=1S/C20H25FN4O3/c1-3-28-20(27)12(2)13-7-9-25(10-8-13)17-11-16(23-24-19(17)22)14-5-4-6-15(21)18(14)26/h4-6,11-13,26H,3,7-10H2,1-2H3,(H2,22,24). The van der Waals surface area contributed by atoms with Crippen molar-refractivity contribution in [3.05, 3.63) is 30.1 Å². The Kier molecular flexibility index (Phi) is 5.96. The minimum atomic E-state index is -0.716. The highest BCUT2D eigenvalue weighted by Crippen LogP contribution is 2.35. The van der Waals surface area contributed by atoms with Crippen molar-refractivity contribution in [3.63, 3.8) is 0 Å². The maximum Gasteiger partial charge on any atom is 0.308 e. The Morgan fingerprint density at radius 3 is 2.79 bits per heavy atom. The zero-order valence-corrected chi connectivity index (χ0v) is 16.1. The number of hydrogen-bond acceptors (Lipinski definition) is 7. The van der Waals surface area contributed by atoms with E-state index in [1.807, 2.05) is 6.92 Å². The maximum absolute atomic E-state index is 13.7. The molecular formula is C20H25FN4O3. The number of phenolic OH excluding ortho intramolecular Hbond substituents is 1. The van der Waals surface area contributed by atoms with Gasteiger partial charge in [0.1, 0.15) is 0 Å². The number of benzene rings is 1. The molecule has 0 amide bonds. The van der Waals surface area contributed by atoms with Crippen molar-refractivity contribution in [3.8, 4) is 17.0 Å². The van der Waals surface area contributed by atoms with Gasteiger partial charge >= 0.3 is 5.97 Å². The topological polar surface area (TPSA) is 102 Å². The summed E-state index contributed by atoms with van der Waals surface area (Å²) in [7, 11) is 0. The number of rotatable bonds is 5. The van der Waals surface area contributed by atoms with E-state index in [-0.39, 0.29) is 29.2 Å². The summed E-state index contributed by atoms with van der Waals surface area (Å²) in [5, 5.41) is 18.0. The average molecular weight is 388 g/mol. The number of nitrogens with two attached hydrogens (primary N) is 1. The molecule has 150 valence electrons. The minimum Gasteiger partial charge on any atom is -0.504 e. The van der Waals surface area contributed by atoms with Gasteiger partial charge in [0.25, 0.3) is 0 Å². The summed E-state index contributed by atoms with van der Waals surface area (Å²) in [5.41, 5.74) is 7.33. The number of hydrogen-bond donors (Lipinski definition) is 2. The zero-order chi connectivity index (χ0) is 20.3. The summed E-state index contributed by atoms with van der Waals surface area (Å²) in [4.78, 5) is 14.1. The molecule has 0 aliphatic carbocycles. The summed E-state index contributed by atoms with van der Waals surface area (Å²) >= 11 is 0. The van der Waals surface area contributed by atoms with Crippen LogP contribution in [0.5, 0.6) is 5.75 Å². The molecule has 3 N–H and O–H groups in total. The molecule has 0 spiro atoms. The molecule has 1 fully saturated rings. The van der Waals surface area contributed by atoms with Crippen molar-refractivity contribution in [2.75, 3.05) is 30.3 Å². The Bertz CT molecular complexity index is 853. The van der Waals surface area contributed by atoms with E-state index in [2.05, 4.69) is 15.1 Å². The Hall–Kier alpha value is -2.90. The third-order valence-corrected chi connectivity index (χ3v) is 5.31. The van der Waals surface area contributed by atoms with E-state index in [9.17, 15) is 14.3 Å². The predicted octanol–water partition coefficient (Wildman–Crippen LogP) is 2.99. The van der Waals surface area contributed by atoms with Crippen LogP contribution in [0.2, 0.25) is 0 Å². The molecule has 8 heteroatoms. The van der Waals surface area contributed by atoms with E-state index in [4.69, 9.17) is 10.5 Å². The number of carbonyl (C=O) groups is 1. The summed E-state index contributed by atoms with van der Waals surface area (Å²) < 4.78 is 18.8. The van der Waals surface area contributed by atoms with E-state index in [1.165, 1.54) is 12.1 Å². The van der Waals surface area contributed by atoms with E-state index in [0.717, 1.165) is 12.8 Å². The number of ether oxygens (including phenoxy) is 1. The number of carbonyl (C=O) groups excluding carboxylic acids is 1. The van der Waals surface area contributed by atoms with Gasteiger partial charge in [0.15, 0.2) is 17.4 Å². The first kappa shape index (κ1) is 19.9. The number of nitrogen functional groups attached to an aromatic ring is 1. The second kappa shape index (κ2) is 8.41. The van der Waals surface area contributed by atoms with Gasteiger partial charge in [-0.2, -0.15) is 0 Å². The van der Waals surface area contributed by atoms with Gasteiger partial charge < -0.3 is 20.5 Å². The van der Waals surface area contributed by atoms with Crippen molar-refractivity contribution in [2.24, 2.45) is 11.8 Å². The lowest BCUT2D eigenvalue weighted by Crippen LogP contribution is -2.38. The van der Waals surface area contributed by atoms with Crippen molar-refractivity contribution in [1.29, 1.82) is 0 Å². The fourth-order valence-corrected chi connectivity index (χ4v) is 3.60. The number of para-hydroxylation sites is 1. The molecule has 1 aliphatic heterocycles. The molecule has 0 radical (unpaired) electrons. The highest BCUT2D eigenvalue weighted by molar-refractivity contribution is 5.74. The Balaban J connectivity index is 1.76. The SMILES string of the molecule is CCOC(=O)C(C)C1CCN(c2cc(-c3cccc(F)c3O)nnc2N)CC1. The van der Waals surface area contributed by atoms with Crippen molar-refractivity contribution in [2.45, 2.75) is 26.7 Å². The molecule has 1 saturated heterocycles. The largest absolute Gasteiger partial charge is 0.504 e. The van der Waals surface area contributed by atoms with E-state index < -0.39 is 11.6 Å². The van der Waals surface area contributed by atoms with Crippen LogP contribution in [0.1, 0.15) is 26.7 Å². The Labute approximate surface area is 163 Å². The first-order valence-corrected chi connectivity index (χ1v) is 9.45. The summed E-state index contributed by atoms with van der Waals surface area (Å²) in [6.45, 7) is 5.51. The van der Waals surface area contributed by atoms with Gasteiger partial charge in [-0.25, -0.2) is 4.39 Å². The first-order valence-electron chi connectivity index (χ1n) is 9.45. The third-order valence-electron chi connectivity index (χ3n) is 5.31. The van der Waals surface area contributed by atoms with Crippen LogP contribution in [0.4, 0.5) is 15.9 Å². The molecule has 2 aromatic rings. The molecule has 2 heterocycles. The fraction of sp³-hybridized carbons (Fsp3) is 0.450. The number of phenols is 1. The average Bonchev–Trinajstić information content (AvgIpc) is 2.70. The summed E-state index contributed by atoms with van der Waals surface area (Å²) in [6, 6.07) is 5.98. The molecule has 0 bridgehead atoms. The highest BCUT2D eigenvalue weighted by atomic mass is 19.1. The van der Waals surface area contributed by atoms with Gasteiger partial charge in [-0.05, 0) is 43.9 Å². The molecule has 1 unspecified atom stereocenters. The number of aromatic hydroxyl groups is 1. The lowest BCUT2D eigenvalue weighted by molar-refractivity contribution is -0.149. The maximum atomic E-state index is 13.7. The van der Waals surface area contributed by atoms with Gasteiger partial charge in [0, 0.05) is 18.7 Å². The molecule has 1 aromatic carbocycles. The molecule has 3 rings (SSSR count). The Morgan fingerprint density at radius 1 is 1.39 bits per heavy atom. The van der Waals surface area contributed by atoms with Crippen LogP contribution in [0.25, 0.3) is 11.3 Å². The van der Waals surface area contributed by atoms with Crippen LogP contribution in [0.3, 0.4) is 0 Å². The van der Waals surface area contributed by atoms with Crippen LogP contribution in [-0.2, 0) is 9.53 Å². The molecule has 1 aliphatic rings. The molecule has 0 saturated carbocycles. The van der Waals surface area contributed by atoms with Gasteiger partial charge in [-0.3, -0.25) is 4.79 Å². The van der Waals surface area contributed by atoms with Crippen LogP contribution >= 0.6 is 0 Å². The molecular weight excluding hydrogens is 363 g/mol. The second-order valence-corrected chi connectivity index (χ2v) is 7.00. The molecule has 1 atom stereocenters. The highest BCUT2D eigenvalue weighted by Gasteiger charge is 2.30. The molecule has 28 heavy (non-hydrogen) atoms. The number of aromatic nitrogens is 2.